The second-order valence-corrected chi connectivity index (χ2v) is 8.85. The number of hydrogen-bond donors (Lipinski definition) is 3. The molecule has 2 bridgehead atoms. The van der Waals surface area contributed by atoms with Gasteiger partial charge < -0.3 is 16.2 Å². The van der Waals surface area contributed by atoms with E-state index in [1.807, 2.05) is 12.2 Å². The number of anilines is 1. The second-order valence-electron chi connectivity index (χ2n) is 7.75. The zero-order valence-corrected chi connectivity index (χ0v) is 15.3. The van der Waals surface area contributed by atoms with E-state index in [0.717, 1.165) is 29.7 Å². The van der Waals surface area contributed by atoms with Crippen LogP contribution in [-0.4, -0.2) is 22.9 Å². The lowest BCUT2D eigenvalue weighted by molar-refractivity contribution is -0.146. The molecule has 1 aromatic rings. The van der Waals surface area contributed by atoms with Crippen LogP contribution in [0, 0.1) is 29.6 Å². The SMILES string of the molecule is C[C@@H]1CCc2c(sc(NC(=O)[C@@H]3[C@H](C(=O)O)[C@H]4C=C[C@H]3C4)c2C(N)=O)C1. The first-order chi connectivity index (χ1) is 12.4. The monoisotopic (exact) mass is 374 g/mol. The number of aliphatic carboxylic acids is 1. The molecule has 26 heavy (non-hydrogen) atoms. The van der Waals surface area contributed by atoms with E-state index < -0.39 is 23.7 Å². The van der Waals surface area contributed by atoms with Gasteiger partial charge in [-0.2, -0.15) is 0 Å². The van der Waals surface area contributed by atoms with Crippen LogP contribution in [0.15, 0.2) is 12.2 Å². The summed E-state index contributed by atoms with van der Waals surface area (Å²) in [6.45, 7) is 2.17. The quantitative estimate of drug-likeness (QED) is 0.703. The van der Waals surface area contributed by atoms with Crippen LogP contribution >= 0.6 is 11.3 Å². The van der Waals surface area contributed by atoms with Gasteiger partial charge in [-0.25, -0.2) is 0 Å². The van der Waals surface area contributed by atoms with Gasteiger partial charge in [0.2, 0.25) is 5.91 Å². The Bertz CT molecular complexity index is 828. The van der Waals surface area contributed by atoms with E-state index >= 15 is 0 Å². The minimum Gasteiger partial charge on any atom is -0.481 e. The molecule has 0 aliphatic heterocycles. The van der Waals surface area contributed by atoms with E-state index in [2.05, 4.69) is 12.2 Å². The second kappa shape index (κ2) is 6.23. The standard InChI is InChI=1S/C19H22N2O4S/c1-8-2-5-11-12(6-8)26-18(15(11)16(20)22)21-17(23)13-9-3-4-10(7-9)14(13)19(24)25/h3-4,8-10,13-14H,2,5-7H2,1H3,(H2,20,22)(H,21,23)(H,24,25)/t8-,9+,10+,13+,14-/m1/s1. The van der Waals surface area contributed by atoms with E-state index in [9.17, 15) is 19.5 Å². The molecular weight excluding hydrogens is 352 g/mol. The molecule has 138 valence electrons. The number of amides is 2. The third-order valence-corrected chi connectivity index (χ3v) is 7.21. The molecule has 5 atom stereocenters. The summed E-state index contributed by atoms with van der Waals surface area (Å²) in [6, 6.07) is 0. The Hall–Kier alpha value is -2.15. The van der Waals surface area contributed by atoms with E-state index in [0.29, 0.717) is 22.9 Å². The average Bonchev–Trinajstić information content (AvgIpc) is 3.25. The Balaban J connectivity index is 1.63. The number of rotatable bonds is 4. The molecule has 3 aliphatic carbocycles. The maximum Gasteiger partial charge on any atom is 0.307 e. The van der Waals surface area contributed by atoms with Crippen LogP contribution in [0.2, 0.25) is 0 Å². The Kier molecular flexibility index (Phi) is 4.14. The van der Waals surface area contributed by atoms with Gasteiger partial charge in [0.15, 0.2) is 0 Å². The maximum atomic E-state index is 12.9. The summed E-state index contributed by atoms with van der Waals surface area (Å²) in [7, 11) is 0. The summed E-state index contributed by atoms with van der Waals surface area (Å²) in [5.41, 5.74) is 6.96. The van der Waals surface area contributed by atoms with Gasteiger partial charge in [-0.1, -0.05) is 19.1 Å². The molecule has 0 saturated heterocycles. The lowest BCUT2D eigenvalue weighted by atomic mass is 9.82. The minimum atomic E-state index is -0.934. The topological polar surface area (TPSA) is 109 Å². The van der Waals surface area contributed by atoms with Crippen molar-refractivity contribution in [2.45, 2.75) is 32.6 Å². The van der Waals surface area contributed by atoms with Crippen molar-refractivity contribution in [3.63, 3.8) is 0 Å². The van der Waals surface area contributed by atoms with Crippen molar-refractivity contribution < 1.29 is 19.5 Å². The molecule has 6 nitrogen and oxygen atoms in total. The summed E-state index contributed by atoms with van der Waals surface area (Å²) in [4.78, 5) is 37.7. The first-order valence-electron chi connectivity index (χ1n) is 9.03. The predicted molar refractivity (Wildman–Crippen MR) is 98.0 cm³/mol. The van der Waals surface area contributed by atoms with Crippen molar-refractivity contribution in [2.75, 3.05) is 5.32 Å². The zero-order valence-electron chi connectivity index (χ0n) is 14.5. The summed E-state index contributed by atoms with van der Waals surface area (Å²) in [5, 5.41) is 12.9. The lowest BCUT2D eigenvalue weighted by Crippen LogP contribution is -2.36. The van der Waals surface area contributed by atoms with Gasteiger partial charge in [-0.3, -0.25) is 14.4 Å². The molecule has 1 saturated carbocycles. The number of nitrogens with two attached hydrogens (primary N) is 1. The van der Waals surface area contributed by atoms with Gasteiger partial charge in [0, 0.05) is 4.88 Å². The fourth-order valence-corrected chi connectivity index (χ4v) is 6.23. The smallest absolute Gasteiger partial charge is 0.307 e. The first-order valence-corrected chi connectivity index (χ1v) is 9.84. The molecule has 2 amide bonds. The van der Waals surface area contributed by atoms with Crippen molar-refractivity contribution in [3.05, 3.63) is 28.2 Å². The highest BCUT2D eigenvalue weighted by atomic mass is 32.1. The molecule has 1 aromatic heterocycles. The zero-order chi connectivity index (χ0) is 18.6. The molecule has 1 fully saturated rings. The Labute approximate surface area is 155 Å². The van der Waals surface area contributed by atoms with Gasteiger partial charge in [-0.05, 0) is 49.0 Å². The van der Waals surface area contributed by atoms with E-state index in [4.69, 9.17) is 5.73 Å². The molecule has 7 heteroatoms. The number of carbonyl (C=O) groups excluding carboxylic acids is 2. The van der Waals surface area contributed by atoms with Gasteiger partial charge in [0.1, 0.15) is 5.00 Å². The van der Waals surface area contributed by atoms with Crippen molar-refractivity contribution in [1.29, 1.82) is 0 Å². The maximum absolute atomic E-state index is 12.9. The predicted octanol–water partition coefficient (Wildman–Crippen LogP) is 2.43. The van der Waals surface area contributed by atoms with Crippen LogP contribution < -0.4 is 11.1 Å². The fraction of sp³-hybridized carbons (Fsp3) is 0.526. The number of hydrogen-bond acceptors (Lipinski definition) is 4. The molecule has 0 aromatic carbocycles. The highest BCUT2D eigenvalue weighted by Crippen LogP contribution is 2.49. The summed E-state index contributed by atoms with van der Waals surface area (Å²) >= 11 is 1.41. The Morgan fingerprint density at radius 1 is 1.23 bits per heavy atom. The van der Waals surface area contributed by atoms with Gasteiger partial charge in [-0.15, -0.1) is 11.3 Å². The van der Waals surface area contributed by atoms with E-state index in [1.54, 1.807) is 0 Å². The summed E-state index contributed by atoms with van der Waals surface area (Å²) in [6.07, 6.45) is 7.23. The number of thiophene rings is 1. The normalized spacial score (nSPS) is 31.7. The molecule has 1 heterocycles. The first kappa shape index (κ1) is 17.3. The van der Waals surface area contributed by atoms with E-state index in [-0.39, 0.29) is 17.7 Å². The number of carbonyl (C=O) groups is 3. The van der Waals surface area contributed by atoms with Crippen LogP contribution in [0.1, 0.15) is 40.6 Å². The van der Waals surface area contributed by atoms with Crippen LogP contribution in [0.3, 0.4) is 0 Å². The average molecular weight is 374 g/mol. The molecule has 0 unspecified atom stereocenters. The third kappa shape index (κ3) is 2.65. The Morgan fingerprint density at radius 3 is 2.58 bits per heavy atom. The Morgan fingerprint density at radius 2 is 1.92 bits per heavy atom. The third-order valence-electron chi connectivity index (χ3n) is 6.04. The number of nitrogens with one attached hydrogen (secondary N) is 1. The lowest BCUT2D eigenvalue weighted by Gasteiger charge is -2.23. The molecular formula is C19H22N2O4S. The number of primary amides is 1. The molecule has 3 aliphatic rings. The van der Waals surface area contributed by atoms with Crippen molar-refractivity contribution >= 4 is 34.1 Å². The van der Waals surface area contributed by atoms with Crippen molar-refractivity contribution in [2.24, 2.45) is 35.3 Å². The largest absolute Gasteiger partial charge is 0.481 e. The number of fused-ring (bicyclic) bond motifs is 3. The van der Waals surface area contributed by atoms with Crippen LogP contribution in [0.4, 0.5) is 5.00 Å². The number of carboxylic acids is 1. The van der Waals surface area contributed by atoms with Gasteiger partial charge in [0.25, 0.3) is 5.91 Å². The summed E-state index contributed by atoms with van der Waals surface area (Å²) in [5.74, 6) is -2.67. The highest BCUT2D eigenvalue weighted by Gasteiger charge is 2.51. The van der Waals surface area contributed by atoms with E-state index in [1.165, 1.54) is 11.3 Å². The van der Waals surface area contributed by atoms with Gasteiger partial charge >= 0.3 is 5.97 Å². The van der Waals surface area contributed by atoms with Crippen LogP contribution in [0.25, 0.3) is 0 Å². The van der Waals surface area contributed by atoms with Crippen molar-refractivity contribution in [3.8, 4) is 0 Å². The molecule has 0 radical (unpaired) electrons. The minimum absolute atomic E-state index is 0.0484. The number of allylic oxidation sites excluding steroid dienone is 2. The molecule has 4 rings (SSSR count). The summed E-state index contributed by atoms with van der Waals surface area (Å²) < 4.78 is 0. The molecule has 0 spiro atoms. The number of carboxylic acid groups (broad SMARTS) is 1. The van der Waals surface area contributed by atoms with Gasteiger partial charge in [0.05, 0.1) is 17.4 Å². The van der Waals surface area contributed by atoms with Crippen LogP contribution in [-0.2, 0) is 22.4 Å². The highest BCUT2D eigenvalue weighted by molar-refractivity contribution is 7.17. The molecule has 4 N–H and O–H groups in total. The van der Waals surface area contributed by atoms with Crippen molar-refractivity contribution in [1.82, 2.24) is 0 Å². The fourth-order valence-electron chi connectivity index (χ4n) is 4.81. The van der Waals surface area contributed by atoms with Crippen LogP contribution in [0.5, 0.6) is 0 Å².